The van der Waals surface area contributed by atoms with Crippen LogP contribution in [-0.4, -0.2) is 28.8 Å². The first-order valence-electron chi connectivity index (χ1n) is 7.54. The van der Waals surface area contributed by atoms with Crippen LogP contribution in [0.3, 0.4) is 0 Å². The van der Waals surface area contributed by atoms with Crippen LogP contribution in [-0.2, 0) is 4.79 Å². The molecule has 0 bridgehead atoms. The fourth-order valence-corrected chi connectivity index (χ4v) is 2.11. The van der Waals surface area contributed by atoms with E-state index < -0.39 is 23.7 Å². The summed E-state index contributed by atoms with van der Waals surface area (Å²) in [6.07, 6.45) is -5.15. The monoisotopic (exact) mass is 401 g/mol. The molecule has 0 fully saturated rings. The summed E-state index contributed by atoms with van der Waals surface area (Å²) in [5, 5.41) is 16.2. The van der Waals surface area contributed by atoms with Gasteiger partial charge in [-0.3, -0.25) is 4.79 Å². The molecule has 6 nitrogen and oxygen atoms in total. The predicted octanol–water partition coefficient (Wildman–Crippen LogP) is 4.24. The number of benzene rings is 2. The molecule has 3 amide bonds. The quantitative estimate of drug-likeness (QED) is 0.617. The van der Waals surface area contributed by atoms with Crippen LogP contribution in [0.25, 0.3) is 0 Å². The molecule has 2 rings (SSSR count). The smallest absolute Gasteiger partial charge is 0.373 e. The highest BCUT2D eigenvalue weighted by Crippen LogP contribution is 2.32. The standard InChI is InChI=1S/C17H15ClF3N3O3/c1-16(27,17(19,20)21)14(25)24-13-8-7-11(9-12(13)18)23-15(26)22-10-5-3-2-4-6-10/h2-9,27H,1H3,(H,24,25)(H2,22,23,26). The Kier molecular flexibility index (Phi) is 5.97. The van der Waals surface area contributed by atoms with E-state index in [0.29, 0.717) is 12.6 Å². The molecule has 2 aromatic rings. The average Bonchev–Trinajstić information content (AvgIpc) is 2.57. The summed E-state index contributed by atoms with van der Waals surface area (Å²) in [6, 6.07) is 11.8. The molecule has 0 aromatic heterocycles. The zero-order valence-corrected chi connectivity index (χ0v) is 14.7. The molecule has 0 aliphatic carbocycles. The van der Waals surface area contributed by atoms with Crippen LogP contribution in [0.4, 0.5) is 35.0 Å². The van der Waals surface area contributed by atoms with Crippen molar-refractivity contribution in [2.45, 2.75) is 18.7 Å². The second kappa shape index (κ2) is 7.85. The van der Waals surface area contributed by atoms with Crippen molar-refractivity contribution in [1.29, 1.82) is 0 Å². The van der Waals surface area contributed by atoms with E-state index in [1.54, 1.807) is 30.3 Å². The van der Waals surface area contributed by atoms with E-state index in [2.05, 4.69) is 10.6 Å². The number of alkyl halides is 3. The van der Waals surface area contributed by atoms with E-state index in [9.17, 15) is 27.9 Å². The lowest BCUT2D eigenvalue weighted by atomic mass is 10.1. The zero-order valence-electron chi connectivity index (χ0n) is 13.9. The van der Waals surface area contributed by atoms with Crippen molar-refractivity contribution in [2.75, 3.05) is 16.0 Å². The molecule has 0 aliphatic heterocycles. The van der Waals surface area contributed by atoms with E-state index >= 15 is 0 Å². The third-order valence-corrected chi connectivity index (χ3v) is 3.81. The maximum absolute atomic E-state index is 12.7. The molecule has 1 atom stereocenters. The van der Waals surface area contributed by atoms with Crippen molar-refractivity contribution >= 4 is 40.6 Å². The average molecular weight is 402 g/mol. The number of rotatable bonds is 4. The van der Waals surface area contributed by atoms with Crippen molar-refractivity contribution < 1.29 is 27.9 Å². The highest BCUT2D eigenvalue weighted by atomic mass is 35.5. The van der Waals surface area contributed by atoms with Crippen molar-refractivity contribution in [3.63, 3.8) is 0 Å². The third kappa shape index (κ3) is 5.11. The number of hydrogen-bond acceptors (Lipinski definition) is 3. The molecule has 1 unspecified atom stereocenters. The SMILES string of the molecule is CC(O)(C(=O)Nc1ccc(NC(=O)Nc2ccccc2)cc1Cl)C(F)(F)F. The lowest BCUT2D eigenvalue weighted by Crippen LogP contribution is -2.52. The van der Waals surface area contributed by atoms with Gasteiger partial charge in [0.1, 0.15) is 0 Å². The molecule has 0 radical (unpaired) electrons. The number of amides is 3. The minimum atomic E-state index is -5.15. The summed E-state index contributed by atoms with van der Waals surface area (Å²) in [4.78, 5) is 23.6. The lowest BCUT2D eigenvalue weighted by molar-refractivity contribution is -0.242. The van der Waals surface area contributed by atoms with Gasteiger partial charge in [-0.1, -0.05) is 29.8 Å². The number of urea groups is 1. The van der Waals surface area contributed by atoms with E-state index in [4.69, 9.17) is 11.6 Å². The summed E-state index contributed by atoms with van der Waals surface area (Å²) < 4.78 is 38.0. The van der Waals surface area contributed by atoms with Gasteiger partial charge in [0.05, 0.1) is 10.7 Å². The Bertz CT molecular complexity index is 842. The summed E-state index contributed by atoms with van der Waals surface area (Å²) in [5.74, 6) is -1.68. The lowest BCUT2D eigenvalue weighted by Gasteiger charge is -2.25. The maximum atomic E-state index is 12.7. The van der Waals surface area contributed by atoms with Crippen molar-refractivity contribution in [2.24, 2.45) is 0 Å². The van der Waals surface area contributed by atoms with Gasteiger partial charge in [0.15, 0.2) is 0 Å². The Balaban J connectivity index is 2.05. The summed E-state index contributed by atoms with van der Waals surface area (Å²) in [7, 11) is 0. The van der Waals surface area contributed by atoms with E-state index in [1.165, 1.54) is 18.2 Å². The Labute approximate surface area is 157 Å². The Morgan fingerprint density at radius 1 is 0.963 bits per heavy atom. The number of aliphatic hydroxyl groups is 1. The van der Waals surface area contributed by atoms with E-state index in [-0.39, 0.29) is 16.4 Å². The molecule has 0 saturated heterocycles. The molecular formula is C17H15ClF3N3O3. The molecule has 27 heavy (non-hydrogen) atoms. The molecule has 0 aliphatic rings. The minimum Gasteiger partial charge on any atom is -0.373 e. The first-order valence-corrected chi connectivity index (χ1v) is 7.91. The molecule has 10 heteroatoms. The number of para-hydroxylation sites is 1. The minimum absolute atomic E-state index is 0.126. The van der Waals surface area contributed by atoms with Gasteiger partial charge in [-0.05, 0) is 37.3 Å². The Morgan fingerprint density at radius 2 is 1.56 bits per heavy atom. The number of hydrogen-bond donors (Lipinski definition) is 4. The number of carbonyl (C=O) groups excluding carboxylic acids is 2. The molecule has 0 spiro atoms. The Morgan fingerprint density at radius 3 is 2.11 bits per heavy atom. The van der Waals surface area contributed by atoms with Crippen LogP contribution in [0, 0.1) is 0 Å². The van der Waals surface area contributed by atoms with Gasteiger partial charge in [0.2, 0.25) is 5.60 Å². The summed E-state index contributed by atoms with van der Waals surface area (Å²) in [6.45, 7) is 0.333. The van der Waals surface area contributed by atoms with Crippen LogP contribution in [0.5, 0.6) is 0 Å². The van der Waals surface area contributed by atoms with Crippen LogP contribution in [0.2, 0.25) is 5.02 Å². The molecular weight excluding hydrogens is 387 g/mol. The number of halogens is 4. The van der Waals surface area contributed by atoms with Gasteiger partial charge in [-0.2, -0.15) is 13.2 Å². The molecule has 0 heterocycles. The van der Waals surface area contributed by atoms with Gasteiger partial charge in [-0.15, -0.1) is 0 Å². The number of carbonyl (C=O) groups is 2. The predicted molar refractivity (Wildman–Crippen MR) is 95.8 cm³/mol. The highest BCUT2D eigenvalue weighted by Gasteiger charge is 2.55. The van der Waals surface area contributed by atoms with Crippen LogP contribution < -0.4 is 16.0 Å². The Hall–Kier alpha value is -2.78. The van der Waals surface area contributed by atoms with Crippen molar-refractivity contribution in [3.05, 3.63) is 53.6 Å². The fraction of sp³-hybridized carbons (Fsp3) is 0.176. The molecule has 2 aromatic carbocycles. The van der Waals surface area contributed by atoms with Crippen LogP contribution >= 0.6 is 11.6 Å². The van der Waals surface area contributed by atoms with Gasteiger partial charge in [0, 0.05) is 11.4 Å². The van der Waals surface area contributed by atoms with Gasteiger partial charge in [0.25, 0.3) is 5.91 Å². The van der Waals surface area contributed by atoms with Gasteiger partial charge >= 0.3 is 12.2 Å². The van der Waals surface area contributed by atoms with Crippen LogP contribution in [0.15, 0.2) is 48.5 Å². The van der Waals surface area contributed by atoms with E-state index in [1.807, 2.05) is 5.32 Å². The van der Waals surface area contributed by atoms with Crippen molar-refractivity contribution in [1.82, 2.24) is 0 Å². The van der Waals surface area contributed by atoms with Crippen LogP contribution in [0.1, 0.15) is 6.92 Å². The second-order valence-electron chi connectivity index (χ2n) is 5.66. The number of nitrogens with one attached hydrogen (secondary N) is 3. The topological polar surface area (TPSA) is 90.5 Å². The molecule has 4 N–H and O–H groups in total. The highest BCUT2D eigenvalue weighted by molar-refractivity contribution is 6.34. The first kappa shape index (κ1) is 20.5. The van der Waals surface area contributed by atoms with Crippen molar-refractivity contribution in [3.8, 4) is 0 Å². The molecule has 144 valence electrons. The molecule has 0 saturated carbocycles. The zero-order chi connectivity index (χ0) is 20.2. The largest absolute Gasteiger partial charge is 0.426 e. The van der Waals surface area contributed by atoms with Gasteiger partial charge in [-0.25, -0.2) is 4.79 Å². The normalized spacial score (nSPS) is 13.4. The second-order valence-corrected chi connectivity index (χ2v) is 6.07. The summed E-state index contributed by atoms with van der Waals surface area (Å²) in [5.41, 5.74) is -2.93. The third-order valence-electron chi connectivity index (χ3n) is 3.50. The first-order chi connectivity index (χ1) is 12.5. The maximum Gasteiger partial charge on any atom is 0.426 e. The fourth-order valence-electron chi connectivity index (χ4n) is 1.88. The van der Waals surface area contributed by atoms with E-state index in [0.717, 1.165) is 0 Å². The number of anilines is 3. The summed E-state index contributed by atoms with van der Waals surface area (Å²) >= 11 is 5.93. The van der Waals surface area contributed by atoms with Gasteiger partial charge < -0.3 is 21.1 Å².